The number of hydrogen-bond acceptors (Lipinski definition) is 4. The van der Waals surface area contributed by atoms with Crippen molar-refractivity contribution in [1.29, 1.82) is 0 Å². The van der Waals surface area contributed by atoms with Crippen molar-refractivity contribution in [1.82, 2.24) is 14.8 Å². The second-order valence-electron chi connectivity index (χ2n) is 4.96. The van der Waals surface area contributed by atoms with Crippen molar-refractivity contribution in [3.8, 4) is 0 Å². The van der Waals surface area contributed by atoms with E-state index in [1.165, 1.54) is 25.7 Å². The third-order valence-electron chi connectivity index (χ3n) is 3.84. The van der Waals surface area contributed by atoms with Crippen LogP contribution in [0.5, 0.6) is 0 Å². The van der Waals surface area contributed by atoms with Crippen LogP contribution in [0.25, 0.3) is 0 Å². The van der Waals surface area contributed by atoms with Gasteiger partial charge < -0.3 is 10.3 Å². The zero-order valence-electron chi connectivity index (χ0n) is 10.7. The SMILES string of the molecule is CCC1CCC(CN)C(Sc2nncn2C)C1. The summed E-state index contributed by atoms with van der Waals surface area (Å²) in [5.41, 5.74) is 5.89. The fourth-order valence-corrected chi connectivity index (χ4v) is 3.96. The van der Waals surface area contributed by atoms with E-state index in [-0.39, 0.29) is 0 Å². The van der Waals surface area contributed by atoms with Gasteiger partial charge in [-0.05, 0) is 31.2 Å². The largest absolute Gasteiger partial charge is 0.330 e. The van der Waals surface area contributed by atoms with E-state index in [0.29, 0.717) is 11.2 Å². The molecule has 0 aliphatic heterocycles. The van der Waals surface area contributed by atoms with E-state index >= 15 is 0 Å². The van der Waals surface area contributed by atoms with Gasteiger partial charge in [0.15, 0.2) is 5.16 Å². The highest BCUT2D eigenvalue weighted by molar-refractivity contribution is 7.99. The van der Waals surface area contributed by atoms with Crippen LogP contribution >= 0.6 is 11.8 Å². The number of nitrogens with zero attached hydrogens (tertiary/aromatic N) is 3. The Labute approximate surface area is 107 Å². The average Bonchev–Trinajstić information content (AvgIpc) is 2.75. The van der Waals surface area contributed by atoms with Crippen molar-refractivity contribution in [2.75, 3.05) is 6.54 Å². The van der Waals surface area contributed by atoms with E-state index in [1.54, 1.807) is 6.33 Å². The Kier molecular flexibility index (Phi) is 4.45. The first kappa shape index (κ1) is 12.9. The third kappa shape index (κ3) is 3.01. The Balaban J connectivity index is 2.03. The van der Waals surface area contributed by atoms with E-state index in [0.717, 1.165) is 17.6 Å². The van der Waals surface area contributed by atoms with Crippen molar-refractivity contribution in [3.05, 3.63) is 6.33 Å². The molecule has 1 aliphatic rings. The molecule has 1 fully saturated rings. The van der Waals surface area contributed by atoms with Gasteiger partial charge in [0.2, 0.25) is 0 Å². The molecule has 17 heavy (non-hydrogen) atoms. The van der Waals surface area contributed by atoms with Gasteiger partial charge in [0.05, 0.1) is 0 Å². The second-order valence-corrected chi connectivity index (χ2v) is 6.17. The van der Waals surface area contributed by atoms with Crippen LogP contribution < -0.4 is 5.73 Å². The van der Waals surface area contributed by atoms with Gasteiger partial charge in [-0.25, -0.2) is 0 Å². The molecule has 1 aliphatic carbocycles. The van der Waals surface area contributed by atoms with Crippen LogP contribution in [0, 0.1) is 11.8 Å². The van der Waals surface area contributed by atoms with Crippen LogP contribution in [0.15, 0.2) is 11.5 Å². The summed E-state index contributed by atoms with van der Waals surface area (Å²) < 4.78 is 1.99. The van der Waals surface area contributed by atoms with E-state index in [1.807, 2.05) is 23.4 Å². The molecule has 1 saturated carbocycles. The quantitative estimate of drug-likeness (QED) is 0.893. The van der Waals surface area contributed by atoms with Crippen molar-refractivity contribution in [3.63, 3.8) is 0 Å². The maximum atomic E-state index is 5.89. The normalized spacial score (nSPS) is 29.5. The van der Waals surface area contributed by atoms with Crippen LogP contribution in [0.2, 0.25) is 0 Å². The number of rotatable bonds is 4. The molecule has 0 aromatic carbocycles. The zero-order chi connectivity index (χ0) is 12.3. The van der Waals surface area contributed by atoms with Crippen molar-refractivity contribution in [2.24, 2.45) is 24.6 Å². The molecule has 0 amide bonds. The van der Waals surface area contributed by atoms with Gasteiger partial charge in [-0.15, -0.1) is 10.2 Å². The van der Waals surface area contributed by atoms with Gasteiger partial charge in [0.25, 0.3) is 0 Å². The number of nitrogens with two attached hydrogens (primary N) is 1. The van der Waals surface area contributed by atoms with Gasteiger partial charge in [-0.1, -0.05) is 31.5 Å². The lowest BCUT2D eigenvalue weighted by Crippen LogP contribution is -2.32. The molecular formula is C12H22N4S. The number of hydrogen-bond donors (Lipinski definition) is 1. The zero-order valence-corrected chi connectivity index (χ0v) is 11.5. The van der Waals surface area contributed by atoms with Crippen LogP contribution in [-0.4, -0.2) is 26.6 Å². The molecule has 2 rings (SSSR count). The van der Waals surface area contributed by atoms with Gasteiger partial charge in [0, 0.05) is 12.3 Å². The Bertz CT molecular complexity index is 352. The molecule has 1 heterocycles. The summed E-state index contributed by atoms with van der Waals surface area (Å²) >= 11 is 1.86. The van der Waals surface area contributed by atoms with Crippen molar-refractivity contribution >= 4 is 11.8 Å². The fourth-order valence-electron chi connectivity index (χ4n) is 2.57. The van der Waals surface area contributed by atoms with E-state index in [2.05, 4.69) is 17.1 Å². The minimum Gasteiger partial charge on any atom is -0.330 e. The maximum Gasteiger partial charge on any atom is 0.191 e. The fraction of sp³-hybridized carbons (Fsp3) is 0.833. The van der Waals surface area contributed by atoms with Gasteiger partial charge in [-0.3, -0.25) is 0 Å². The highest BCUT2D eigenvalue weighted by Gasteiger charge is 2.30. The molecule has 5 heteroatoms. The smallest absolute Gasteiger partial charge is 0.191 e. The molecule has 1 aromatic rings. The first-order valence-corrected chi connectivity index (χ1v) is 7.33. The lowest BCUT2D eigenvalue weighted by molar-refractivity contribution is 0.283. The second kappa shape index (κ2) is 5.87. The molecule has 1 aromatic heterocycles. The number of aryl methyl sites for hydroxylation is 1. The number of thioether (sulfide) groups is 1. The lowest BCUT2D eigenvalue weighted by atomic mass is 9.80. The minimum atomic E-state index is 0.613. The molecule has 96 valence electrons. The molecule has 4 nitrogen and oxygen atoms in total. The first-order chi connectivity index (χ1) is 8.24. The maximum absolute atomic E-state index is 5.89. The van der Waals surface area contributed by atoms with Crippen molar-refractivity contribution < 1.29 is 0 Å². The molecule has 0 spiro atoms. The summed E-state index contributed by atoms with van der Waals surface area (Å²) in [5, 5.41) is 9.73. The molecule has 0 radical (unpaired) electrons. The van der Waals surface area contributed by atoms with Crippen LogP contribution in [-0.2, 0) is 7.05 Å². The summed E-state index contributed by atoms with van der Waals surface area (Å²) in [6.07, 6.45) is 6.93. The Morgan fingerprint density at radius 1 is 1.53 bits per heavy atom. The average molecular weight is 254 g/mol. The van der Waals surface area contributed by atoms with E-state index in [4.69, 9.17) is 5.73 Å². The third-order valence-corrected chi connectivity index (χ3v) is 5.30. The number of aromatic nitrogens is 3. The summed E-state index contributed by atoms with van der Waals surface area (Å²) in [6.45, 7) is 3.09. The monoisotopic (exact) mass is 254 g/mol. The van der Waals surface area contributed by atoms with Gasteiger partial charge >= 0.3 is 0 Å². The molecule has 0 saturated heterocycles. The van der Waals surface area contributed by atoms with Crippen LogP contribution in [0.1, 0.15) is 32.6 Å². The Hall–Kier alpha value is -0.550. The minimum absolute atomic E-state index is 0.613. The van der Waals surface area contributed by atoms with Gasteiger partial charge in [0.1, 0.15) is 6.33 Å². The predicted molar refractivity (Wildman–Crippen MR) is 70.8 cm³/mol. The molecule has 3 unspecified atom stereocenters. The topological polar surface area (TPSA) is 56.7 Å². The Morgan fingerprint density at radius 2 is 2.35 bits per heavy atom. The van der Waals surface area contributed by atoms with E-state index in [9.17, 15) is 0 Å². The van der Waals surface area contributed by atoms with Crippen LogP contribution in [0.4, 0.5) is 0 Å². The first-order valence-electron chi connectivity index (χ1n) is 6.45. The van der Waals surface area contributed by atoms with Crippen LogP contribution in [0.3, 0.4) is 0 Å². The molecule has 2 N–H and O–H groups in total. The van der Waals surface area contributed by atoms with Crippen molar-refractivity contribution in [2.45, 2.75) is 43.0 Å². The summed E-state index contributed by atoms with van der Waals surface area (Å²) in [4.78, 5) is 0. The summed E-state index contributed by atoms with van der Waals surface area (Å²) in [5.74, 6) is 1.50. The lowest BCUT2D eigenvalue weighted by Gasteiger charge is -2.34. The van der Waals surface area contributed by atoms with Gasteiger partial charge in [-0.2, -0.15) is 0 Å². The molecular weight excluding hydrogens is 232 g/mol. The highest BCUT2D eigenvalue weighted by atomic mass is 32.2. The van der Waals surface area contributed by atoms with E-state index < -0.39 is 0 Å². The molecule has 0 bridgehead atoms. The predicted octanol–water partition coefficient (Wildman–Crippen LogP) is 2.06. The summed E-state index contributed by atoms with van der Waals surface area (Å²) in [6, 6.07) is 0. The summed E-state index contributed by atoms with van der Waals surface area (Å²) in [7, 11) is 2.00. The highest BCUT2D eigenvalue weighted by Crippen LogP contribution is 2.39. The molecule has 3 atom stereocenters. The Morgan fingerprint density at radius 3 is 2.94 bits per heavy atom. The standard InChI is InChI=1S/C12H22N4S/c1-3-9-4-5-10(7-13)11(6-9)17-12-15-14-8-16(12)2/h8-11H,3-7,13H2,1-2H3.